The Morgan fingerprint density at radius 2 is 1.84 bits per heavy atom. The van der Waals surface area contributed by atoms with Crippen molar-refractivity contribution in [2.45, 2.75) is 47.1 Å². The first-order chi connectivity index (χ1) is 8.52. The molecular formula is C14H26N2O3. The van der Waals surface area contributed by atoms with Crippen molar-refractivity contribution in [2.75, 3.05) is 13.1 Å². The Kier molecular flexibility index (Phi) is 4.30. The number of carbonyl (C=O) groups excluding carboxylic acids is 1. The van der Waals surface area contributed by atoms with Gasteiger partial charge in [-0.05, 0) is 17.8 Å². The number of carbonyl (C=O) groups is 2. The summed E-state index contributed by atoms with van der Waals surface area (Å²) in [7, 11) is 0. The number of carboxylic acids is 1. The lowest BCUT2D eigenvalue weighted by Crippen LogP contribution is -2.51. The van der Waals surface area contributed by atoms with E-state index in [-0.39, 0.29) is 23.8 Å². The molecule has 1 unspecified atom stereocenters. The van der Waals surface area contributed by atoms with Crippen LogP contribution in [0.25, 0.3) is 0 Å². The molecule has 0 saturated carbocycles. The topological polar surface area (TPSA) is 83.6 Å². The first-order valence-electron chi connectivity index (χ1n) is 6.80. The molecule has 3 N–H and O–H groups in total. The van der Waals surface area contributed by atoms with Crippen molar-refractivity contribution >= 4 is 11.9 Å². The molecule has 2 atom stereocenters. The number of amides is 1. The van der Waals surface area contributed by atoms with Gasteiger partial charge in [-0.1, -0.05) is 34.6 Å². The van der Waals surface area contributed by atoms with E-state index in [1.807, 2.05) is 34.6 Å². The van der Waals surface area contributed by atoms with E-state index in [0.29, 0.717) is 13.0 Å². The van der Waals surface area contributed by atoms with Crippen LogP contribution in [0.3, 0.4) is 0 Å². The second kappa shape index (κ2) is 5.12. The maximum Gasteiger partial charge on any atom is 0.311 e. The van der Waals surface area contributed by atoms with Gasteiger partial charge in [0.15, 0.2) is 0 Å². The Morgan fingerprint density at radius 3 is 2.16 bits per heavy atom. The number of hydrogen-bond acceptors (Lipinski definition) is 3. The van der Waals surface area contributed by atoms with Crippen molar-refractivity contribution in [3.05, 3.63) is 0 Å². The van der Waals surface area contributed by atoms with Crippen molar-refractivity contribution in [1.82, 2.24) is 4.90 Å². The fraction of sp³-hybridized carbons (Fsp3) is 0.857. The van der Waals surface area contributed by atoms with Gasteiger partial charge in [0.25, 0.3) is 0 Å². The summed E-state index contributed by atoms with van der Waals surface area (Å²) in [5.74, 6) is -0.966. The molecule has 0 radical (unpaired) electrons. The molecule has 0 aromatic rings. The highest BCUT2D eigenvalue weighted by molar-refractivity contribution is 5.84. The summed E-state index contributed by atoms with van der Waals surface area (Å²) in [6, 6.07) is -0.593. The van der Waals surface area contributed by atoms with Crippen molar-refractivity contribution < 1.29 is 14.7 Å². The van der Waals surface area contributed by atoms with Crippen molar-refractivity contribution in [3.8, 4) is 0 Å². The lowest BCUT2D eigenvalue weighted by molar-refractivity contribution is -0.151. The average Bonchev–Trinajstić information content (AvgIpc) is 2.71. The molecule has 5 heteroatoms. The summed E-state index contributed by atoms with van der Waals surface area (Å²) in [4.78, 5) is 25.5. The van der Waals surface area contributed by atoms with Crippen LogP contribution in [0.1, 0.15) is 41.0 Å². The van der Waals surface area contributed by atoms with Crippen LogP contribution in [0.5, 0.6) is 0 Å². The number of hydrogen-bond donors (Lipinski definition) is 2. The first-order valence-corrected chi connectivity index (χ1v) is 6.80. The van der Waals surface area contributed by atoms with Gasteiger partial charge in [-0.2, -0.15) is 0 Å². The monoisotopic (exact) mass is 270 g/mol. The van der Waals surface area contributed by atoms with Gasteiger partial charge < -0.3 is 15.7 Å². The SMILES string of the molecule is CC(C)C1(C(=O)O)CCN(C(=O)[C@@H](N)C(C)(C)C)C1. The van der Waals surface area contributed by atoms with Crippen LogP contribution in [0, 0.1) is 16.7 Å². The molecule has 0 aromatic heterocycles. The van der Waals surface area contributed by atoms with Crippen LogP contribution >= 0.6 is 0 Å². The zero-order chi connectivity index (χ0) is 15.0. The van der Waals surface area contributed by atoms with Gasteiger partial charge in [-0.3, -0.25) is 9.59 Å². The predicted octanol–water partition coefficient (Wildman–Crippen LogP) is 1.32. The third-order valence-corrected chi connectivity index (χ3v) is 4.34. The number of aliphatic carboxylic acids is 1. The molecule has 1 saturated heterocycles. The van der Waals surface area contributed by atoms with E-state index < -0.39 is 17.4 Å². The third-order valence-electron chi connectivity index (χ3n) is 4.34. The fourth-order valence-electron chi connectivity index (χ4n) is 2.48. The molecule has 1 heterocycles. The van der Waals surface area contributed by atoms with E-state index in [2.05, 4.69) is 0 Å². The van der Waals surface area contributed by atoms with Crippen LogP contribution in [0.15, 0.2) is 0 Å². The van der Waals surface area contributed by atoms with Crippen LogP contribution in [-0.4, -0.2) is 41.0 Å². The summed E-state index contributed by atoms with van der Waals surface area (Å²) in [5, 5.41) is 9.46. The number of nitrogens with two attached hydrogens (primary N) is 1. The van der Waals surface area contributed by atoms with E-state index in [9.17, 15) is 14.7 Å². The number of carboxylic acid groups (broad SMARTS) is 1. The lowest BCUT2D eigenvalue weighted by Gasteiger charge is -2.32. The summed E-state index contributed by atoms with van der Waals surface area (Å²) in [6.07, 6.45) is 0.503. The maximum atomic E-state index is 12.3. The summed E-state index contributed by atoms with van der Waals surface area (Å²) < 4.78 is 0. The summed E-state index contributed by atoms with van der Waals surface area (Å²) in [6.45, 7) is 10.3. The molecule has 1 amide bonds. The van der Waals surface area contributed by atoms with E-state index in [1.165, 1.54) is 0 Å². The highest BCUT2D eigenvalue weighted by atomic mass is 16.4. The van der Waals surface area contributed by atoms with Gasteiger partial charge in [0.05, 0.1) is 11.5 Å². The van der Waals surface area contributed by atoms with E-state index in [1.54, 1.807) is 4.90 Å². The fourth-order valence-corrected chi connectivity index (χ4v) is 2.48. The zero-order valence-electron chi connectivity index (χ0n) is 12.6. The van der Waals surface area contributed by atoms with Crippen molar-refractivity contribution in [1.29, 1.82) is 0 Å². The molecule has 0 spiro atoms. The minimum Gasteiger partial charge on any atom is -0.481 e. The molecule has 1 aliphatic rings. The molecule has 110 valence electrons. The standard InChI is InChI=1S/C14H26N2O3/c1-9(2)14(12(18)19)6-7-16(8-14)11(17)10(15)13(3,4)5/h9-10H,6-8,15H2,1-5H3,(H,18,19)/t10-,14?/m1/s1. The van der Waals surface area contributed by atoms with Crippen LogP contribution in [0.2, 0.25) is 0 Å². The molecule has 0 bridgehead atoms. The van der Waals surface area contributed by atoms with E-state index >= 15 is 0 Å². The van der Waals surface area contributed by atoms with Gasteiger partial charge in [-0.15, -0.1) is 0 Å². The van der Waals surface area contributed by atoms with Gasteiger partial charge in [0.2, 0.25) is 5.91 Å². The highest BCUT2D eigenvalue weighted by Crippen LogP contribution is 2.38. The minimum absolute atomic E-state index is 0.00587. The Hall–Kier alpha value is -1.10. The lowest BCUT2D eigenvalue weighted by atomic mass is 9.76. The quantitative estimate of drug-likeness (QED) is 0.810. The largest absolute Gasteiger partial charge is 0.481 e. The Bertz CT molecular complexity index is 373. The molecule has 1 fully saturated rings. The molecule has 0 aromatic carbocycles. The molecule has 5 nitrogen and oxygen atoms in total. The van der Waals surface area contributed by atoms with Crippen LogP contribution in [0.4, 0.5) is 0 Å². The van der Waals surface area contributed by atoms with Gasteiger partial charge in [0, 0.05) is 13.1 Å². The Morgan fingerprint density at radius 1 is 1.32 bits per heavy atom. The van der Waals surface area contributed by atoms with E-state index in [4.69, 9.17) is 5.73 Å². The molecule has 1 rings (SSSR count). The van der Waals surface area contributed by atoms with Gasteiger partial charge in [-0.25, -0.2) is 0 Å². The molecular weight excluding hydrogens is 244 g/mol. The second-order valence-electron chi connectivity index (χ2n) is 6.97. The van der Waals surface area contributed by atoms with Gasteiger partial charge in [0.1, 0.15) is 0 Å². The van der Waals surface area contributed by atoms with Gasteiger partial charge >= 0.3 is 5.97 Å². The average molecular weight is 270 g/mol. The summed E-state index contributed by atoms with van der Waals surface area (Å²) >= 11 is 0. The predicted molar refractivity (Wildman–Crippen MR) is 73.5 cm³/mol. The number of likely N-dealkylation sites (tertiary alicyclic amines) is 1. The minimum atomic E-state index is -0.826. The highest BCUT2D eigenvalue weighted by Gasteiger charge is 2.49. The third kappa shape index (κ3) is 2.91. The first kappa shape index (κ1) is 16.0. The number of rotatable bonds is 3. The van der Waals surface area contributed by atoms with Crippen LogP contribution < -0.4 is 5.73 Å². The molecule has 0 aliphatic carbocycles. The normalized spacial score (nSPS) is 25.7. The smallest absolute Gasteiger partial charge is 0.311 e. The zero-order valence-corrected chi connectivity index (χ0v) is 12.6. The Balaban J connectivity index is 2.86. The van der Waals surface area contributed by atoms with Crippen LogP contribution in [-0.2, 0) is 9.59 Å². The summed E-state index contributed by atoms with van der Waals surface area (Å²) in [5.41, 5.74) is 4.83. The second-order valence-corrected chi connectivity index (χ2v) is 6.97. The van der Waals surface area contributed by atoms with E-state index in [0.717, 1.165) is 0 Å². The molecule has 1 aliphatic heterocycles. The number of nitrogens with zero attached hydrogens (tertiary/aromatic N) is 1. The van der Waals surface area contributed by atoms with Crippen molar-refractivity contribution in [3.63, 3.8) is 0 Å². The maximum absolute atomic E-state index is 12.3. The van der Waals surface area contributed by atoms with Crippen molar-refractivity contribution in [2.24, 2.45) is 22.5 Å². The Labute approximate surface area is 115 Å². The molecule has 19 heavy (non-hydrogen) atoms.